The van der Waals surface area contributed by atoms with E-state index >= 15 is 0 Å². The van der Waals surface area contributed by atoms with Gasteiger partial charge in [-0.2, -0.15) is 0 Å². The molecule has 1 unspecified atom stereocenters. The fourth-order valence-electron chi connectivity index (χ4n) is 1.77. The molecule has 1 atom stereocenters. The highest BCUT2D eigenvalue weighted by atomic mass is 16.4. The molecule has 0 aromatic carbocycles. The summed E-state index contributed by atoms with van der Waals surface area (Å²) < 4.78 is 0. The van der Waals surface area contributed by atoms with Crippen LogP contribution in [-0.2, 0) is 0 Å². The number of likely N-dealkylation sites (tertiary alicyclic amines) is 1. The topological polar surface area (TPSA) is 52.6 Å². The van der Waals surface area contributed by atoms with Crippen molar-refractivity contribution < 1.29 is 9.90 Å². The van der Waals surface area contributed by atoms with Gasteiger partial charge in [-0.1, -0.05) is 0 Å². The van der Waals surface area contributed by atoms with Crippen LogP contribution in [0, 0.1) is 0 Å². The molecule has 1 saturated heterocycles. The molecule has 1 fully saturated rings. The second kappa shape index (κ2) is 4.46. The largest absolute Gasteiger partial charge is 0.465 e. The van der Waals surface area contributed by atoms with Gasteiger partial charge in [0, 0.05) is 18.6 Å². The summed E-state index contributed by atoms with van der Waals surface area (Å²) in [5, 5.41) is 11.1. The SMILES string of the molecule is CC(C)N1CCCC(NC(=O)O)C1. The number of piperidine rings is 1. The Morgan fingerprint density at radius 2 is 2.31 bits per heavy atom. The molecule has 0 bridgehead atoms. The Kier molecular flexibility index (Phi) is 3.54. The molecule has 13 heavy (non-hydrogen) atoms. The zero-order valence-electron chi connectivity index (χ0n) is 8.29. The molecule has 1 amide bonds. The lowest BCUT2D eigenvalue weighted by atomic mass is 10.0. The van der Waals surface area contributed by atoms with Crippen molar-refractivity contribution in [3.05, 3.63) is 0 Å². The Labute approximate surface area is 78.9 Å². The Balaban J connectivity index is 2.37. The lowest BCUT2D eigenvalue weighted by Crippen LogP contribution is -2.49. The third kappa shape index (κ3) is 3.22. The molecule has 0 saturated carbocycles. The van der Waals surface area contributed by atoms with Crippen LogP contribution in [0.5, 0.6) is 0 Å². The summed E-state index contributed by atoms with van der Waals surface area (Å²) >= 11 is 0. The number of rotatable bonds is 2. The van der Waals surface area contributed by atoms with Crippen molar-refractivity contribution in [2.45, 2.75) is 38.8 Å². The maximum atomic E-state index is 10.4. The van der Waals surface area contributed by atoms with Crippen LogP contribution in [-0.4, -0.2) is 41.3 Å². The van der Waals surface area contributed by atoms with E-state index in [1.165, 1.54) is 0 Å². The van der Waals surface area contributed by atoms with Gasteiger partial charge in [0.1, 0.15) is 0 Å². The lowest BCUT2D eigenvalue weighted by molar-refractivity contribution is 0.143. The van der Waals surface area contributed by atoms with Crippen molar-refractivity contribution in [3.63, 3.8) is 0 Å². The summed E-state index contributed by atoms with van der Waals surface area (Å²) in [5.74, 6) is 0. The average molecular weight is 186 g/mol. The highest BCUT2D eigenvalue weighted by Gasteiger charge is 2.22. The molecule has 0 spiro atoms. The zero-order chi connectivity index (χ0) is 9.84. The monoisotopic (exact) mass is 186 g/mol. The van der Waals surface area contributed by atoms with E-state index in [0.29, 0.717) is 6.04 Å². The second-order valence-electron chi connectivity index (χ2n) is 3.88. The minimum absolute atomic E-state index is 0.119. The number of nitrogens with zero attached hydrogens (tertiary/aromatic N) is 1. The van der Waals surface area contributed by atoms with Gasteiger partial charge >= 0.3 is 6.09 Å². The van der Waals surface area contributed by atoms with Gasteiger partial charge in [0.25, 0.3) is 0 Å². The standard InChI is InChI=1S/C9H18N2O2/c1-7(2)11-5-3-4-8(6-11)10-9(12)13/h7-8,10H,3-6H2,1-2H3,(H,12,13). The summed E-state index contributed by atoms with van der Waals surface area (Å²) in [6.07, 6.45) is 1.15. The van der Waals surface area contributed by atoms with Crippen molar-refractivity contribution in [3.8, 4) is 0 Å². The van der Waals surface area contributed by atoms with Gasteiger partial charge in [0.15, 0.2) is 0 Å². The summed E-state index contributed by atoms with van der Waals surface area (Å²) in [6, 6.07) is 0.632. The molecule has 0 aromatic rings. The fraction of sp³-hybridized carbons (Fsp3) is 0.889. The van der Waals surface area contributed by atoms with Crippen molar-refractivity contribution in [1.82, 2.24) is 10.2 Å². The number of hydrogen-bond acceptors (Lipinski definition) is 2. The summed E-state index contributed by atoms with van der Waals surface area (Å²) in [4.78, 5) is 12.7. The summed E-state index contributed by atoms with van der Waals surface area (Å²) in [5.41, 5.74) is 0. The number of carbonyl (C=O) groups is 1. The maximum Gasteiger partial charge on any atom is 0.404 e. The molecule has 2 N–H and O–H groups in total. The first-order valence-corrected chi connectivity index (χ1v) is 4.83. The van der Waals surface area contributed by atoms with Crippen molar-refractivity contribution in [2.75, 3.05) is 13.1 Å². The minimum Gasteiger partial charge on any atom is -0.465 e. The van der Waals surface area contributed by atoms with Crippen LogP contribution >= 0.6 is 0 Å². The molecular weight excluding hydrogens is 168 g/mol. The van der Waals surface area contributed by atoms with Crippen LogP contribution in [0.2, 0.25) is 0 Å². The molecule has 1 rings (SSSR count). The van der Waals surface area contributed by atoms with Crippen LogP contribution < -0.4 is 5.32 Å². The van der Waals surface area contributed by atoms with Gasteiger partial charge in [0.05, 0.1) is 0 Å². The van der Waals surface area contributed by atoms with Crippen LogP contribution in [0.1, 0.15) is 26.7 Å². The normalized spacial score (nSPS) is 24.7. The molecule has 1 aliphatic heterocycles. The maximum absolute atomic E-state index is 10.4. The third-order valence-electron chi connectivity index (χ3n) is 2.51. The minimum atomic E-state index is -0.907. The van der Waals surface area contributed by atoms with Crippen LogP contribution in [0.15, 0.2) is 0 Å². The Hall–Kier alpha value is -0.770. The Bertz CT molecular complexity index is 182. The first kappa shape index (κ1) is 10.3. The molecule has 0 aromatic heterocycles. The van der Waals surface area contributed by atoms with Gasteiger partial charge < -0.3 is 10.4 Å². The zero-order valence-corrected chi connectivity index (χ0v) is 8.29. The van der Waals surface area contributed by atoms with Crippen molar-refractivity contribution in [1.29, 1.82) is 0 Å². The van der Waals surface area contributed by atoms with E-state index in [9.17, 15) is 4.79 Å². The third-order valence-corrected chi connectivity index (χ3v) is 2.51. The van der Waals surface area contributed by atoms with Crippen LogP contribution in [0.3, 0.4) is 0 Å². The van der Waals surface area contributed by atoms with E-state index in [4.69, 9.17) is 5.11 Å². The Morgan fingerprint density at radius 1 is 1.62 bits per heavy atom. The van der Waals surface area contributed by atoms with Gasteiger partial charge in [-0.25, -0.2) is 4.79 Å². The van der Waals surface area contributed by atoms with Crippen molar-refractivity contribution in [2.24, 2.45) is 0 Å². The molecule has 0 radical (unpaired) electrons. The average Bonchev–Trinajstić information content (AvgIpc) is 2.03. The highest BCUT2D eigenvalue weighted by Crippen LogP contribution is 2.12. The molecule has 76 valence electrons. The second-order valence-corrected chi connectivity index (χ2v) is 3.88. The van der Waals surface area contributed by atoms with Gasteiger partial charge in [-0.05, 0) is 33.2 Å². The van der Waals surface area contributed by atoms with Crippen molar-refractivity contribution >= 4 is 6.09 Å². The van der Waals surface area contributed by atoms with Gasteiger partial charge in [0.2, 0.25) is 0 Å². The van der Waals surface area contributed by atoms with Gasteiger partial charge in [-0.15, -0.1) is 0 Å². The molecule has 1 heterocycles. The Morgan fingerprint density at radius 3 is 2.85 bits per heavy atom. The number of amides is 1. The molecule has 0 aliphatic carbocycles. The quantitative estimate of drug-likeness (QED) is 0.679. The molecular formula is C9H18N2O2. The van der Waals surface area contributed by atoms with E-state index in [0.717, 1.165) is 25.9 Å². The van der Waals surface area contributed by atoms with E-state index in [-0.39, 0.29) is 6.04 Å². The predicted molar refractivity (Wildman–Crippen MR) is 50.9 cm³/mol. The smallest absolute Gasteiger partial charge is 0.404 e. The molecule has 1 aliphatic rings. The number of carboxylic acid groups (broad SMARTS) is 1. The fourth-order valence-corrected chi connectivity index (χ4v) is 1.77. The van der Waals surface area contributed by atoms with E-state index < -0.39 is 6.09 Å². The lowest BCUT2D eigenvalue weighted by Gasteiger charge is -2.35. The van der Waals surface area contributed by atoms with Gasteiger partial charge in [-0.3, -0.25) is 4.90 Å². The predicted octanol–water partition coefficient (Wildman–Crippen LogP) is 1.13. The number of nitrogens with one attached hydrogen (secondary N) is 1. The first-order valence-electron chi connectivity index (χ1n) is 4.83. The van der Waals surface area contributed by atoms with E-state index in [2.05, 4.69) is 24.1 Å². The highest BCUT2D eigenvalue weighted by molar-refractivity contribution is 5.64. The van der Waals surface area contributed by atoms with E-state index in [1.807, 2.05) is 0 Å². The summed E-state index contributed by atoms with van der Waals surface area (Å²) in [7, 11) is 0. The van der Waals surface area contributed by atoms with E-state index in [1.54, 1.807) is 0 Å². The summed E-state index contributed by atoms with van der Waals surface area (Å²) in [6.45, 7) is 6.23. The number of hydrogen-bond donors (Lipinski definition) is 2. The first-order chi connectivity index (χ1) is 6.09. The molecule has 4 heteroatoms. The molecule has 4 nitrogen and oxygen atoms in total. The van der Waals surface area contributed by atoms with Crippen LogP contribution in [0.25, 0.3) is 0 Å². The van der Waals surface area contributed by atoms with Crippen LogP contribution in [0.4, 0.5) is 4.79 Å².